The van der Waals surface area contributed by atoms with Crippen molar-refractivity contribution in [3.05, 3.63) is 18.0 Å². The Bertz CT molecular complexity index is 982. The number of aromatic nitrogens is 2. The molecule has 1 atom stereocenters. The molecule has 2 amide bonds. The lowest BCUT2D eigenvalue weighted by Gasteiger charge is -2.32. The molecule has 3 N–H and O–H groups in total. The standard InChI is InChI=1S/C20H26N6O3S/c1-22-9-13(8-21)14-10-23-17(28-2)15-16(14)30-18(24-15)25-19(27)26-6-5-20(11-26)4-3-7-29-12-20/h8-10,21-22H,3-7,11-12H2,1-2H3,(H,24,25,27)/b13-9+,21-8?/t20-/m1/s1. The monoisotopic (exact) mass is 430 g/mol. The van der Waals surface area contributed by atoms with Crippen molar-refractivity contribution in [2.75, 3.05) is 45.8 Å². The first-order chi connectivity index (χ1) is 14.6. The van der Waals surface area contributed by atoms with Crippen molar-refractivity contribution in [3.63, 3.8) is 0 Å². The molecular formula is C20H26N6O3S. The SMILES string of the molecule is CN/C=C(\C=N)c1cnc(OC)c2nc(NC(=O)N3CC[C@]4(CCCOC4)C3)sc12. The molecule has 2 aromatic rings. The van der Waals surface area contributed by atoms with Crippen LogP contribution in [0.2, 0.25) is 0 Å². The molecule has 9 nitrogen and oxygen atoms in total. The third kappa shape index (κ3) is 3.84. The van der Waals surface area contributed by atoms with Crippen LogP contribution in [0.25, 0.3) is 15.8 Å². The third-order valence-corrected chi connectivity index (χ3v) is 6.69. The number of carbonyl (C=O) groups is 1. The average Bonchev–Trinajstić information content (AvgIpc) is 3.36. The number of carbonyl (C=O) groups excluding carboxylic acids is 1. The summed E-state index contributed by atoms with van der Waals surface area (Å²) in [5, 5.41) is 14.1. The number of urea groups is 1. The Labute approximate surface area is 179 Å². The van der Waals surface area contributed by atoms with Gasteiger partial charge in [-0.15, -0.1) is 0 Å². The fourth-order valence-corrected chi connectivity index (χ4v) is 5.14. The number of likely N-dealkylation sites (tertiary alicyclic amines) is 1. The quantitative estimate of drug-likeness (QED) is 0.629. The first-order valence-electron chi connectivity index (χ1n) is 9.94. The Morgan fingerprint density at radius 3 is 3.03 bits per heavy atom. The number of hydrogen-bond acceptors (Lipinski definition) is 8. The number of nitrogens with zero attached hydrogens (tertiary/aromatic N) is 3. The number of amides is 2. The summed E-state index contributed by atoms with van der Waals surface area (Å²) in [6.45, 7) is 2.98. The second-order valence-corrected chi connectivity index (χ2v) is 8.67. The summed E-state index contributed by atoms with van der Waals surface area (Å²) in [7, 11) is 3.31. The predicted octanol–water partition coefficient (Wildman–Crippen LogP) is 2.94. The molecule has 0 saturated carbocycles. The zero-order valence-corrected chi connectivity index (χ0v) is 18.0. The van der Waals surface area contributed by atoms with Crippen molar-refractivity contribution in [2.24, 2.45) is 5.41 Å². The maximum atomic E-state index is 12.9. The molecule has 160 valence electrons. The van der Waals surface area contributed by atoms with E-state index in [0.29, 0.717) is 28.6 Å². The molecule has 2 fully saturated rings. The van der Waals surface area contributed by atoms with Crippen molar-refractivity contribution in [1.29, 1.82) is 5.41 Å². The second-order valence-electron chi connectivity index (χ2n) is 7.67. The molecule has 10 heteroatoms. The van der Waals surface area contributed by atoms with Gasteiger partial charge in [-0.2, -0.15) is 0 Å². The van der Waals surface area contributed by atoms with Crippen LogP contribution in [-0.4, -0.2) is 67.6 Å². The molecule has 2 saturated heterocycles. The van der Waals surface area contributed by atoms with E-state index in [0.717, 1.165) is 49.3 Å². The first kappa shape index (κ1) is 20.5. The Kier molecular flexibility index (Phi) is 5.87. The van der Waals surface area contributed by atoms with E-state index in [2.05, 4.69) is 20.6 Å². The summed E-state index contributed by atoms with van der Waals surface area (Å²) in [5.74, 6) is 0.388. The summed E-state index contributed by atoms with van der Waals surface area (Å²) in [5.41, 5.74) is 2.09. The molecule has 0 aromatic carbocycles. The number of thiazole rings is 1. The highest BCUT2D eigenvalue weighted by atomic mass is 32.1. The third-order valence-electron chi connectivity index (χ3n) is 5.69. The van der Waals surface area contributed by atoms with Gasteiger partial charge in [0.25, 0.3) is 0 Å². The highest BCUT2D eigenvalue weighted by Crippen LogP contribution is 2.39. The van der Waals surface area contributed by atoms with E-state index in [1.807, 2.05) is 4.90 Å². The van der Waals surface area contributed by atoms with Gasteiger partial charge in [-0.3, -0.25) is 5.32 Å². The Balaban J connectivity index is 1.58. The van der Waals surface area contributed by atoms with E-state index in [-0.39, 0.29) is 11.4 Å². The number of nitrogens with one attached hydrogen (secondary N) is 3. The van der Waals surface area contributed by atoms with Crippen LogP contribution in [0.3, 0.4) is 0 Å². The van der Waals surface area contributed by atoms with E-state index in [4.69, 9.17) is 14.9 Å². The second kappa shape index (κ2) is 8.57. The number of anilines is 1. The molecule has 0 unspecified atom stereocenters. The molecule has 4 rings (SSSR count). The lowest BCUT2D eigenvalue weighted by molar-refractivity contribution is -0.000213. The maximum absolute atomic E-state index is 12.9. The number of rotatable bonds is 5. The minimum absolute atomic E-state index is 0.0975. The summed E-state index contributed by atoms with van der Waals surface area (Å²) in [6.07, 6.45) is 7.77. The summed E-state index contributed by atoms with van der Waals surface area (Å²) in [6, 6.07) is -0.150. The van der Waals surface area contributed by atoms with Crippen LogP contribution >= 0.6 is 11.3 Å². The largest absolute Gasteiger partial charge is 0.479 e. The van der Waals surface area contributed by atoms with Gasteiger partial charge in [0, 0.05) is 61.9 Å². The van der Waals surface area contributed by atoms with Gasteiger partial charge in [-0.25, -0.2) is 14.8 Å². The molecule has 4 heterocycles. The zero-order chi connectivity index (χ0) is 21.1. The number of ether oxygens (including phenoxy) is 2. The van der Waals surface area contributed by atoms with Gasteiger partial charge in [0.1, 0.15) is 5.52 Å². The van der Waals surface area contributed by atoms with Crippen LogP contribution in [-0.2, 0) is 4.74 Å². The summed E-state index contributed by atoms with van der Waals surface area (Å²) < 4.78 is 11.8. The van der Waals surface area contributed by atoms with Crippen molar-refractivity contribution >= 4 is 44.5 Å². The van der Waals surface area contributed by atoms with Crippen LogP contribution in [0.1, 0.15) is 24.8 Å². The fourth-order valence-electron chi connectivity index (χ4n) is 4.16. The number of fused-ring (bicyclic) bond motifs is 1. The molecular weight excluding hydrogens is 404 g/mol. The van der Waals surface area contributed by atoms with Crippen LogP contribution in [0.4, 0.5) is 9.93 Å². The van der Waals surface area contributed by atoms with Crippen molar-refractivity contribution in [2.45, 2.75) is 19.3 Å². The number of allylic oxidation sites excluding steroid dienone is 1. The summed E-state index contributed by atoms with van der Waals surface area (Å²) in [4.78, 5) is 23.6. The molecule has 2 aliphatic rings. The molecule has 0 radical (unpaired) electrons. The topological polar surface area (TPSA) is 112 Å². The van der Waals surface area contributed by atoms with E-state index in [1.54, 1.807) is 19.4 Å². The highest BCUT2D eigenvalue weighted by Gasteiger charge is 2.41. The molecule has 0 aliphatic carbocycles. The fraction of sp³-hybridized carbons (Fsp3) is 0.500. The molecule has 1 spiro atoms. The van der Waals surface area contributed by atoms with Gasteiger partial charge >= 0.3 is 6.03 Å². The number of methoxy groups -OCH3 is 1. The smallest absolute Gasteiger partial charge is 0.323 e. The number of pyridine rings is 1. The van der Waals surface area contributed by atoms with Crippen LogP contribution in [0.15, 0.2) is 12.4 Å². The van der Waals surface area contributed by atoms with Crippen LogP contribution in [0.5, 0.6) is 5.88 Å². The lowest BCUT2D eigenvalue weighted by atomic mass is 9.82. The molecule has 0 bridgehead atoms. The molecule has 30 heavy (non-hydrogen) atoms. The van der Waals surface area contributed by atoms with Crippen LogP contribution in [0, 0.1) is 10.8 Å². The van der Waals surface area contributed by atoms with Crippen molar-refractivity contribution in [1.82, 2.24) is 20.2 Å². The Morgan fingerprint density at radius 2 is 2.33 bits per heavy atom. The van der Waals surface area contributed by atoms with Crippen LogP contribution < -0.4 is 15.4 Å². The van der Waals surface area contributed by atoms with Gasteiger partial charge in [-0.05, 0) is 19.3 Å². The van der Waals surface area contributed by atoms with Gasteiger partial charge in [0.05, 0.1) is 18.4 Å². The first-order valence-corrected chi connectivity index (χ1v) is 10.8. The Morgan fingerprint density at radius 1 is 1.47 bits per heavy atom. The highest BCUT2D eigenvalue weighted by molar-refractivity contribution is 7.22. The average molecular weight is 431 g/mol. The molecule has 2 aliphatic heterocycles. The van der Waals surface area contributed by atoms with Gasteiger partial charge < -0.3 is 25.1 Å². The maximum Gasteiger partial charge on any atom is 0.323 e. The summed E-state index contributed by atoms with van der Waals surface area (Å²) >= 11 is 1.35. The van der Waals surface area contributed by atoms with Crippen molar-refractivity contribution in [3.8, 4) is 5.88 Å². The predicted molar refractivity (Wildman–Crippen MR) is 117 cm³/mol. The number of hydrogen-bond donors (Lipinski definition) is 3. The Hall–Kier alpha value is -2.72. The zero-order valence-electron chi connectivity index (χ0n) is 17.2. The normalized spacial score (nSPS) is 21.8. The van der Waals surface area contributed by atoms with Gasteiger partial charge in [0.2, 0.25) is 5.88 Å². The van der Waals surface area contributed by atoms with E-state index >= 15 is 0 Å². The van der Waals surface area contributed by atoms with Crippen molar-refractivity contribution < 1.29 is 14.3 Å². The minimum Gasteiger partial charge on any atom is -0.479 e. The van der Waals surface area contributed by atoms with Gasteiger partial charge in [-0.1, -0.05) is 11.3 Å². The van der Waals surface area contributed by atoms with E-state index in [1.165, 1.54) is 24.7 Å². The lowest BCUT2D eigenvalue weighted by Crippen LogP contribution is -2.38. The molecule has 2 aromatic heterocycles. The van der Waals surface area contributed by atoms with Gasteiger partial charge in [0.15, 0.2) is 5.13 Å². The minimum atomic E-state index is -0.150. The van der Waals surface area contributed by atoms with E-state index in [9.17, 15) is 4.79 Å². The van der Waals surface area contributed by atoms with E-state index < -0.39 is 0 Å².